The Kier molecular flexibility index (Phi) is 5.49. The van der Waals surface area contributed by atoms with Crippen molar-refractivity contribution in [2.75, 3.05) is 18.6 Å². The molecule has 140 valence electrons. The zero-order valence-electron chi connectivity index (χ0n) is 16.3. The molecule has 0 N–H and O–H groups in total. The van der Waals surface area contributed by atoms with Gasteiger partial charge in [-0.3, -0.25) is 4.79 Å². The quantitative estimate of drug-likeness (QED) is 0.783. The third-order valence-electron chi connectivity index (χ3n) is 4.97. The van der Waals surface area contributed by atoms with Gasteiger partial charge in [0.1, 0.15) is 11.1 Å². The Balaban J connectivity index is 1.78. The predicted molar refractivity (Wildman–Crippen MR) is 107 cm³/mol. The minimum atomic E-state index is -0.0321. The van der Waals surface area contributed by atoms with Gasteiger partial charge in [0.05, 0.1) is 12.1 Å². The molecule has 0 aliphatic carbocycles. The van der Waals surface area contributed by atoms with Crippen molar-refractivity contribution in [3.05, 3.63) is 45.4 Å². The summed E-state index contributed by atoms with van der Waals surface area (Å²) in [5, 5.41) is 2.89. The maximum Gasteiger partial charge on any atom is 0.233 e. The fourth-order valence-corrected chi connectivity index (χ4v) is 4.12. The molecule has 0 radical (unpaired) electrons. The van der Waals surface area contributed by atoms with Crippen LogP contribution in [0.1, 0.15) is 62.0 Å². The van der Waals surface area contributed by atoms with E-state index in [2.05, 4.69) is 44.0 Å². The number of aromatic nitrogens is 1. The van der Waals surface area contributed by atoms with Gasteiger partial charge in [0, 0.05) is 24.7 Å². The van der Waals surface area contributed by atoms with E-state index in [4.69, 9.17) is 4.74 Å². The van der Waals surface area contributed by atoms with Crippen LogP contribution in [0.2, 0.25) is 0 Å². The summed E-state index contributed by atoms with van der Waals surface area (Å²) in [5.41, 5.74) is 4.62. The van der Waals surface area contributed by atoms with E-state index in [0.29, 0.717) is 6.42 Å². The lowest BCUT2D eigenvalue weighted by Gasteiger charge is -2.31. The minimum absolute atomic E-state index is 0.0321. The Bertz CT molecular complexity index is 792. The van der Waals surface area contributed by atoms with Crippen molar-refractivity contribution in [1.29, 1.82) is 0 Å². The van der Waals surface area contributed by atoms with Gasteiger partial charge in [-0.25, -0.2) is 4.98 Å². The third kappa shape index (κ3) is 3.99. The number of rotatable bonds is 4. The molecule has 1 aromatic heterocycles. The molecule has 0 bridgehead atoms. The van der Waals surface area contributed by atoms with Crippen LogP contribution in [-0.4, -0.2) is 24.5 Å². The summed E-state index contributed by atoms with van der Waals surface area (Å²) >= 11 is 1.55. The molecule has 1 unspecified atom stereocenters. The summed E-state index contributed by atoms with van der Waals surface area (Å²) in [6.45, 7) is 9.42. The van der Waals surface area contributed by atoms with Gasteiger partial charge in [0.25, 0.3) is 0 Å². The first-order valence-electron chi connectivity index (χ1n) is 9.20. The van der Waals surface area contributed by atoms with E-state index in [1.54, 1.807) is 18.4 Å². The molecule has 1 aromatic carbocycles. The van der Waals surface area contributed by atoms with Crippen molar-refractivity contribution < 1.29 is 9.53 Å². The smallest absolute Gasteiger partial charge is 0.233 e. The van der Waals surface area contributed by atoms with Crippen molar-refractivity contribution in [2.45, 2.75) is 58.5 Å². The number of ether oxygens (including phenoxy) is 1. The first-order valence-corrected chi connectivity index (χ1v) is 10.1. The second kappa shape index (κ2) is 7.49. The van der Waals surface area contributed by atoms with E-state index in [1.807, 2.05) is 17.2 Å². The SMILES string of the molecule is COC(C)c1nc(CC(=O)N2CCCc3cc(C(C)(C)C)ccc32)cs1. The number of carbonyl (C=O) groups is 1. The van der Waals surface area contributed by atoms with Gasteiger partial charge >= 0.3 is 0 Å². The normalized spacial score (nSPS) is 15.7. The summed E-state index contributed by atoms with van der Waals surface area (Å²) in [6.07, 6.45) is 2.35. The van der Waals surface area contributed by atoms with E-state index in [9.17, 15) is 4.79 Å². The third-order valence-corrected chi connectivity index (χ3v) is 6.02. The largest absolute Gasteiger partial charge is 0.375 e. The molecule has 0 fully saturated rings. The van der Waals surface area contributed by atoms with Gasteiger partial charge in [-0.15, -0.1) is 11.3 Å². The maximum atomic E-state index is 12.9. The Hall–Kier alpha value is -1.72. The molecule has 1 atom stereocenters. The Morgan fingerprint density at radius 1 is 1.38 bits per heavy atom. The van der Waals surface area contributed by atoms with E-state index in [0.717, 1.165) is 35.8 Å². The molecular weight excluding hydrogens is 344 g/mol. The van der Waals surface area contributed by atoms with Gasteiger partial charge in [-0.05, 0) is 42.4 Å². The van der Waals surface area contributed by atoms with Crippen molar-refractivity contribution in [3.8, 4) is 0 Å². The van der Waals surface area contributed by atoms with Crippen LogP contribution in [-0.2, 0) is 27.8 Å². The highest BCUT2D eigenvalue weighted by atomic mass is 32.1. The number of benzene rings is 1. The zero-order chi connectivity index (χ0) is 18.9. The molecule has 1 amide bonds. The molecule has 4 nitrogen and oxygen atoms in total. The molecule has 0 spiro atoms. The van der Waals surface area contributed by atoms with Gasteiger partial charge < -0.3 is 9.64 Å². The summed E-state index contributed by atoms with van der Waals surface area (Å²) in [7, 11) is 1.67. The van der Waals surface area contributed by atoms with Gasteiger partial charge in [0.2, 0.25) is 5.91 Å². The van der Waals surface area contributed by atoms with Crippen LogP contribution >= 0.6 is 11.3 Å². The van der Waals surface area contributed by atoms with Crippen LogP contribution in [0.3, 0.4) is 0 Å². The van der Waals surface area contributed by atoms with Gasteiger partial charge in [0.15, 0.2) is 0 Å². The van der Waals surface area contributed by atoms with E-state index in [-0.39, 0.29) is 17.4 Å². The summed E-state index contributed by atoms with van der Waals surface area (Å²) in [5.74, 6) is 0.122. The Labute approximate surface area is 160 Å². The predicted octanol–water partition coefficient (Wildman–Crippen LogP) is 4.67. The molecule has 3 rings (SSSR count). The van der Waals surface area contributed by atoms with Crippen molar-refractivity contribution in [2.24, 2.45) is 0 Å². The molecule has 2 heterocycles. The second-order valence-corrected chi connectivity index (χ2v) is 8.86. The number of methoxy groups -OCH3 is 1. The van der Waals surface area contributed by atoms with E-state index >= 15 is 0 Å². The lowest BCUT2D eigenvalue weighted by molar-refractivity contribution is -0.118. The number of hydrogen-bond acceptors (Lipinski definition) is 4. The van der Waals surface area contributed by atoms with E-state index < -0.39 is 0 Å². The first-order chi connectivity index (χ1) is 12.3. The maximum absolute atomic E-state index is 12.9. The molecule has 0 saturated carbocycles. The van der Waals surface area contributed by atoms with Crippen molar-refractivity contribution in [1.82, 2.24) is 4.98 Å². The fraction of sp³-hybridized carbons (Fsp3) is 0.524. The standard InChI is InChI=1S/C21H28N2O2S/c1-14(25-5)20-22-17(13-26-20)12-19(24)23-10-6-7-15-11-16(21(2,3)4)8-9-18(15)23/h8-9,11,13-14H,6-7,10,12H2,1-5H3. The lowest BCUT2D eigenvalue weighted by atomic mass is 9.84. The van der Waals surface area contributed by atoms with E-state index in [1.165, 1.54) is 11.1 Å². The summed E-state index contributed by atoms with van der Waals surface area (Å²) in [4.78, 5) is 19.4. The number of carbonyl (C=O) groups excluding carboxylic acids is 1. The average Bonchev–Trinajstić information content (AvgIpc) is 3.07. The average molecular weight is 373 g/mol. The van der Waals surface area contributed by atoms with Crippen LogP contribution in [0, 0.1) is 0 Å². The highest BCUT2D eigenvalue weighted by molar-refractivity contribution is 7.09. The molecular formula is C21H28N2O2S. The zero-order valence-corrected chi connectivity index (χ0v) is 17.2. The molecule has 1 aliphatic heterocycles. The number of anilines is 1. The van der Waals surface area contributed by atoms with Crippen LogP contribution in [0.25, 0.3) is 0 Å². The molecule has 5 heteroatoms. The minimum Gasteiger partial charge on any atom is -0.375 e. The number of fused-ring (bicyclic) bond motifs is 1. The lowest BCUT2D eigenvalue weighted by Crippen LogP contribution is -2.36. The molecule has 1 aliphatic rings. The fourth-order valence-electron chi connectivity index (χ4n) is 3.26. The molecule has 0 saturated heterocycles. The topological polar surface area (TPSA) is 42.4 Å². The highest BCUT2D eigenvalue weighted by Crippen LogP contribution is 2.32. The number of nitrogens with zero attached hydrogens (tertiary/aromatic N) is 2. The monoisotopic (exact) mass is 372 g/mol. The second-order valence-electron chi connectivity index (χ2n) is 7.97. The van der Waals surface area contributed by atoms with Crippen molar-refractivity contribution in [3.63, 3.8) is 0 Å². The molecule has 2 aromatic rings. The van der Waals surface area contributed by atoms with Gasteiger partial charge in [-0.1, -0.05) is 32.9 Å². The number of thiazole rings is 1. The first kappa shape index (κ1) is 19.1. The highest BCUT2D eigenvalue weighted by Gasteiger charge is 2.25. The number of amides is 1. The number of aryl methyl sites for hydroxylation is 1. The molecule has 26 heavy (non-hydrogen) atoms. The summed E-state index contributed by atoms with van der Waals surface area (Å²) in [6, 6.07) is 6.55. The Morgan fingerprint density at radius 3 is 2.85 bits per heavy atom. The summed E-state index contributed by atoms with van der Waals surface area (Å²) < 4.78 is 5.31. The Morgan fingerprint density at radius 2 is 2.15 bits per heavy atom. The van der Waals surface area contributed by atoms with Crippen molar-refractivity contribution >= 4 is 22.9 Å². The van der Waals surface area contributed by atoms with Crippen LogP contribution < -0.4 is 4.90 Å². The van der Waals surface area contributed by atoms with Crippen LogP contribution in [0.5, 0.6) is 0 Å². The number of hydrogen-bond donors (Lipinski definition) is 0. The van der Waals surface area contributed by atoms with Crippen LogP contribution in [0.15, 0.2) is 23.6 Å². The van der Waals surface area contributed by atoms with Crippen LogP contribution in [0.4, 0.5) is 5.69 Å². The van der Waals surface area contributed by atoms with Gasteiger partial charge in [-0.2, -0.15) is 0 Å².